The summed E-state index contributed by atoms with van der Waals surface area (Å²) in [6, 6.07) is 0. The molecule has 0 aliphatic carbocycles. The third-order valence-corrected chi connectivity index (χ3v) is 19.8. The molecule has 3 N–H and O–H groups in total. The number of ether oxygens (including phenoxy) is 4. The second-order valence-electron chi connectivity index (χ2n) is 29.2. The van der Waals surface area contributed by atoms with Crippen LogP contribution in [0.2, 0.25) is 0 Å². The number of aliphatic hydroxyl groups excluding tert-OH is 1. The lowest BCUT2D eigenvalue weighted by Crippen LogP contribution is -2.30. The van der Waals surface area contributed by atoms with Gasteiger partial charge in [-0.25, -0.2) is 9.13 Å². The summed E-state index contributed by atoms with van der Waals surface area (Å²) in [5.74, 6) is 0.218. The molecule has 5 atom stereocenters. The summed E-state index contributed by atoms with van der Waals surface area (Å²) < 4.78 is 68.4. The van der Waals surface area contributed by atoms with Gasteiger partial charge in [-0.3, -0.25) is 37.3 Å². The van der Waals surface area contributed by atoms with Crippen LogP contribution in [0.15, 0.2) is 0 Å². The molecule has 0 radical (unpaired) electrons. The van der Waals surface area contributed by atoms with Crippen molar-refractivity contribution in [1.29, 1.82) is 0 Å². The van der Waals surface area contributed by atoms with E-state index in [0.29, 0.717) is 25.7 Å². The zero-order valence-corrected chi connectivity index (χ0v) is 64.6. The third kappa shape index (κ3) is 70.5. The van der Waals surface area contributed by atoms with E-state index in [2.05, 4.69) is 48.5 Å². The van der Waals surface area contributed by atoms with Crippen molar-refractivity contribution in [1.82, 2.24) is 0 Å². The maximum absolute atomic E-state index is 13.1. The highest BCUT2D eigenvalue weighted by molar-refractivity contribution is 7.47. The number of carbonyl (C=O) groups is 4. The van der Waals surface area contributed by atoms with Crippen LogP contribution in [0.3, 0.4) is 0 Å². The molecule has 0 aromatic heterocycles. The van der Waals surface area contributed by atoms with Crippen molar-refractivity contribution in [3.8, 4) is 0 Å². The Morgan fingerprint density at radius 1 is 0.281 bits per heavy atom. The van der Waals surface area contributed by atoms with Gasteiger partial charge in [0.2, 0.25) is 0 Å². The SMILES string of the molecule is CCCCCCCCCC(=O)OC[C@H](COP(=O)(O)OC[C@H](O)COP(=O)(O)OC[C@@H](COC(=O)CCCCCCCCCCCCCCCCCCC(C)C)OC(=O)CCCCCCCCCCCCCCCCCCC(C)C)OC(=O)CCCCCCCCCCC(C)C. The van der Waals surface area contributed by atoms with Gasteiger partial charge in [0.1, 0.15) is 19.3 Å². The van der Waals surface area contributed by atoms with Crippen LogP contribution >= 0.6 is 15.6 Å². The maximum Gasteiger partial charge on any atom is 0.472 e. The highest BCUT2D eigenvalue weighted by Gasteiger charge is 2.30. The lowest BCUT2D eigenvalue weighted by Gasteiger charge is -2.21. The van der Waals surface area contributed by atoms with E-state index in [4.69, 9.17) is 37.0 Å². The lowest BCUT2D eigenvalue weighted by atomic mass is 10.0. The molecule has 570 valence electrons. The molecule has 0 bridgehead atoms. The number of hydrogen-bond donors (Lipinski definition) is 3. The molecule has 0 aromatic rings. The summed E-state index contributed by atoms with van der Waals surface area (Å²) in [6.45, 7) is 11.9. The summed E-state index contributed by atoms with van der Waals surface area (Å²) >= 11 is 0. The molecule has 96 heavy (non-hydrogen) atoms. The van der Waals surface area contributed by atoms with E-state index in [1.54, 1.807) is 0 Å². The first-order chi connectivity index (χ1) is 46.2. The minimum absolute atomic E-state index is 0.104. The number of phosphoric ester groups is 2. The minimum atomic E-state index is -4.96. The monoisotopic (exact) mass is 1410 g/mol. The number of unbranched alkanes of at least 4 members (excludes halogenated alkanes) is 43. The Morgan fingerprint density at radius 2 is 0.479 bits per heavy atom. The van der Waals surface area contributed by atoms with Crippen molar-refractivity contribution in [3.05, 3.63) is 0 Å². The number of esters is 4. The Hall–Kier alpha value is -1.94. The summed E-state index contributed by atoms with van der Waals surface area (Å²) in [5, 5.41) is 10.6. The minimum Gasteiger partial charge on any atom is -0.462 e. The van der Waals surface area contributed by atoms with Gasteiger partial charge in [-0.05, 0) is 43.4 Å². The Morgan fingerprint density at radius 3 is 0.708 bits per heavy atom. The van der Waals surface area contributed by atoms with Gasteiger partial charge in [0, 0.05) is 25.7 Å². The van der Waals surface area contributed by atoms with Crippen LogP contribution in [-0.4, -0.2) is 96.7 Å². The quantitative estimate of drug-likeness (QED) is 0.0222. The number of phosphoric acid groups is 2. The number of hydrogen-bond acceptors (Lipinski definition) is 15. The van der Waals surface area contributed by atoms with Gasteiger partial charge >= 0.3 is 39.5 Å². The zero-order chi connectivity index (χ0) is 70.9. The van der Waals surface area contributed by atoms with Crippen molar-refractivity contribution in [3.63, 3.8) is 0 Å². The van der Waals surface area contributed by atoms with Crippen LogP contribution < -0.4 is 0 Å². The molecule has 19 heteroatoms. The van der Waals surface area contributed by atoms with Crippen molar-refractivity contribution in [2.24, 2.45) is 17.8 Å². The first kappa shape index (κ1) is 94.1. The van der Waals surface area contributed by atoms with E-state index in [0.717, 1.165) is 120 Å². The van der Waals surface area contributed by atoms with Crippen LogP contribution in [0.5, 0.6) is 0 Å². The summed E-state index contributed by atoms with van der Waals surface area (Å²) in [4.78, 5) is 72.7. The van der Waals surface area contributed by atoms with Gasteiger partial charge in [-0.15, -0.1) is 0 Å². The zero-order valence-electron chi connectivity index (χ0n) is 62.8. The van der Waals surface area contributed by atoms with Crippen molar-refractivity contribution >= 4 is 39.5 Å². The van der Waals surface area contributed by atoms with Crippen molar-refractivity contribution in [2.45, 2.75) is 414 Å². The molecule has 0 heterocycles. The smallest absolute Gasteiger partial charge is 0.462 e. The third-order valence-electron chi connectivity index (χ3n) is 17.9. The van der Waals surface area contributed by atoms with Crippen molar-refractivity contribution < 1.29 is 80.2 Å². The lowest BCUT2D eigenvalue weighted by molar-refractivity contribution is -0.161. The van der Waals surface area contributed by atoms with Gasteiger partial charge in [-0.2, -0.15) is 0 Å². The second-order valence-corrected chi connectivity index (χ2v) is 32.1. The molecular weight excluding hydrogens is 1260 g/mol. The Kier molecular flexibility index (Phi) is 66.2. The van der Waals surface area contributed by atoms with Crippen LogP contribution in [0, 0.1) is 17.8 Å². The fourth-order valence-electron chi connectivity index (χ4n) is 11.8. The Balaban J connectivity index is 5.17. The Bertz CT molecular complexity index is 1870. The fourth-order valence-corrected chi connectivity index (χ4v) is 13.4. The van der Waals surface area contributed by atoms with E-state index < -0.39 is 97.5 Å². The largest absolute Gasteiger partial charge is 0.472 e. The highest BCUT2D eigenvalue weighted by Crippen LogP contribution is 2.45. The molecule has 0 aliphatic rings. The summed E-state index contributed by atoms with van der Waals surface area (Å²) in [5.41, 5.74) is 0. The fraction of sp³-hybridized carbons (Fsp3) is 0.948. The number of carbonyl (C=O) groups excluding carboxylic acids is 4. The van der Waals surface area contributed by atoms with Gasteiger partial charge in [0.05, 0.1) is 26.4 Å². The van der Waals surface area contributed by atoms with E-state index in [1.165, 1.54) is 193 Å². The Labute approximate surface area is 588 Å². The summed E-state index contributed by atoms with van der Waals surface area (Å²) in [7, 11) is -9.91. The maximum atomic E-state index is 13.1. The number of aliphatic hydroxyl groups is 1. The molecule has 2 unspecified atom stereocenters. The molecule has 0 amide bonds. The molecule has 0 fully saturated rings. The van der Waals surface area contributed by atoms with Crippen LogP contribution in [0.1, 0.15) is 395 Å². The highest BCUT2D eigenvalue weighted by atomic mass is 31.2. The average molecular weight is 1410 g/mol. The van der Waals surface area contributed by atoms with Crippen LogP contribution in [-0.2, 0) is 65.4 Å². The molecule has 0 saturated carbocycles. The summed E-state index contributed by atoms with van der Waals surface area (Å²) in [6.07, 6.45) is 54.4. The molecule has 0 saturated heterocycles. The predicted octanol–water partition coefficient (Wildman–Crippen LogP) is 22.6. The van der Waals surface area contributed by atoms with Crippen LogP contribution in [0.4, 0.5) is 0 Å². The first-order valence-corrected chi connectivity index (χ1v) is 42.8. The molecule has 0 rings (SSSR count). The van der Waals surface area contributed by atoms with Gasteiger partial charge < -0.3 is 33.8 Å². The van der Waals surface area contributed by atoms with Crippen LogP contribution in [0.25, 0.3) is 0 Å². The van der Waals surface area contributed by atoms with E-state index in [-0.39, 0.29) is 25.7 Å². The van der Waals surface area contributed by atoms with E-state index in [1.807, 2.05) is 0 Å². The number of rotatable bonds is 75. The van der Waals surface area contributed by atoms with Gasteiger partial charge in [0.15, 0.2) is 12.2 Å². The van der Waals surface area contributed by atoms with Gasteiger partial charge in [0.25, 0.3) is 0 Å². The molecule has 0 spiro atoms. The molecular formula is C77H150O17P2. The van der Waals surface area contributed by atoms with Crippen molar-refractivity contribution in [2.75, 3.05) is 39.6 Å². The molecule has 17 nitrogen and oxygen atoms in total. The normalized spacial score (nSPS) is 14.1. The standard InChI is InChI=1S/C77H150O17P2/c1-8-9-10-11-34-44-51-58-74(79)87-64-72(94-77(82)61-54-47-40-33-32-37-43-50-57-70(6)7)66-91-95(83,84)89-62-71(78)63-90-96(85,86)92-67-73(93-76(81)60-53-46-39-31-27-23-19-15-13-17-21-25-29-36-42-49-56-69(4)5)65-88-75(80)59-52-45-38-30-26-22-18-14-12-16-20-24-28-35-41-48-55-68(2)3/h68-73,78H,8-67H2,1-7H3,(H,83,84)(H,85,86)/t71-,72+,73+/m0/s1. The second kappa shape index (κ2) is 67.5. The topological polar surface area (TPSA) is 237 Å². The molecule has 0 aliphatic heterocycles. The van der Waals surface area contributed by atoms with Gasteiger partial charge in [-0.1, -0.05) is 344 Å². The first-order valence-electron chi connectivity index (χ1n) is 39.8. The molecule has 0 aromatic carbocycles. The van der Waals surface area contributed by atoms with E-state index >= 15 is 0 Å². The predicted molar refractivity (Wildman–Crippen MR) is 391 cm³/mol. The average Bonchev–Trinajstić information content (AvgIpc) is 1.57. The van der Waals surface area contributed by atoms with E-state index in [9.17, 15) is 43.2 Å².